The molecule has 1 fully saturated rings. The number of ether oxygens (including phenoxy) is 4. The van der Waals surface area contributed by atoms with E-state index < -0.39 is 12.0 Å². The van der Waals surface area contributed by atoms with Crippen LogP contribution in [0.25, 0.3) is 0 Å². The summed E-state index contributed by atoms with van der Waals surface area (Å²) in [6.07, 6.45) is 1.63. The highest BCUT2D eigenvalue weighted by atomic mass is 35.5. The second kappa shape index (κ2) is 16.7. The Kier molecular flexibility index (Phi) is 11.9. The highest BCUT2D eigenvalue weighted by Gasteiger charge is 2.37. The van der Waals surface area contributed by atoms with Crippen LogP contribution in [-0.4, -0.2) is 62.3 Å². The summed E-state index contributed by atoms with van der Waals surface area (Å²) >= 11 is 6.17. The largest absolute Gasteiger partial charge is 0.495 e. The van der Waals surface area contributed by atoms with Gasteiger partial charge >= 0.3 is 12.0 Å². The first-order valence-electron chi connectivity index (χ1n) is 15.6. The fraction of sp³-hybridized carbons (Fsp3) is 0.270. The molecule has 0 bridgehead atoms. The summed E-state index contributed by atoms with van der Waals surface area (Å²) in [6, 6.07) is 28.0. The van der Waals surface area contributed by atoms with Crippen LogP contribution in [0.2, 0.25) is 5.02 Å². The number of hydrogen-bond donors (Lipinski definition) is 2. The molecule has 48 heavy (non-hydrogen) atoms. The van der Waals surface area contributed by atoms with Crippen molar-refractivity contribution in [1.82, 2.24) is 4.90 Å². The Morgan fingerprint density at radius 2 is 1.48 bits per heavy atom. The van der Waals surface area contributed by atoms with Crippen molar-refractivity contribution in [3.05, 3.63) is 119 Å². The molecule has 4 aromatic rings. The van der Waals surface area contributed by atoms with E-state index in [-0.39, 0.29) is 31.0 Å². The third-order valence-electron chi connectivity index (χ3n) is 8.04. The van der Waals surface area contributed by atoms with Crippen LogP contribution in [0.15, 0.2) is 97.1 Å². The Hall–Kier alpha value is -5.06. The van der Waals surface area contributed by atoms with Crippen molar-refractivity contribution >= 4 is 40.9 Å². The predicted molar refractivity (Wildman–Crippen MR) is 184 cm³/mol. The summed E-state index contributed by atoms with van der Waals surface area (Å²) < 4.78 is 22.5. The van der Waals surface area contributed by atoms with E-state index in [2.05, 4.69) is 10.6 Å². The quantitative estimate of drug-likeness (QED) is 0.147. The summed E-state index contributed by atoms with van der Waals surface area (Å²) in [5.41, 5.74) is 3.13. The molecule has 0 unspecified atom stereocenters. The number of esters is 1. The number of anilines is 2. The highest BCUT2D eigenvalue weighted by molar-refractivity contribution is 6.33. The topological polar surface area (TPSA) is 115 Å². The van der Waals surface area contributed by atoms with Gasteiger partial charge in [0.2, 0.25) is 5.91 Å². The van der Waals surface area contributed by atoms with Crippen molar-refractivity contribution in [3.8, 4) is 11.5 Å². The van der Waals surface area contributed by atoms with Gasteiger partial charge < -0.3 is 34.5 Å². The fourth-order valence-electron chi connectivity index (χ4n) is 5.63. The number of para-hydroxylation sites is 1. The van der Waals surface area contributed by atoms with Gasteiger partial charge in [0.05, 0.1) is 67.9 Å². The first-order valence-corrected chi connectivity index (χ1v) is 16.0. The zero-order chi connectivity index (χ0) is 33.9. The number of benzene rings is 4. The molecule has 0 radical (unpaired) electrons. The van der Waals surface area contributed by atoms with Gasteiger partial charge in [0.25, 0.3) is 0 Å². The van der Waals surface area contributed by atoms with E-state index in [4.69, 9.17) is 30.5 Å². The molecular weight excluding hydrogens is 634 g/mol. The highest BCUT2D eigenvalue weighted by Crippen LogP contribution is 2.30. The van der Waals surface area contributed by atoms with Gasteiger partial charge in [0.15, 0.2) is 0 Å². The van der Waals surface area contributed by atoms with Crippen LogP contribution in [0.1, 0.15) is 34.3 Å². The lowest BCUT2D eigenvalue weighted by molar-refractivity contribution is -0.135. The number of carbonyl (C=O) groups is 3. The molecule has 11 heteroatoms. The Balaban J connectivity index is 1.26. The fourth-order valence-corrected chi connectivity index (χ4v) is 5.82. The van der Waals surface area contributed by atoms with Crippen LogP contribution in [0.3, 0.4) is 0 Å². The SMILES string of the molecule is COC(=O)c1ccc(OC[C@@H]2CC[C@H](COCc3ccccc3)N2C(=O)Cc2ccc(NC(=O)Nc3ccccc3Cl)c(OC)c2)cc1. The van der Waals surface area contributed by atoms with Gasteiger partial charge in [0.1, 0.15) is 18.1 Å². The molecule has 5 rings (SSSR count). The lowest BCUT2D eigenvalue weighted by Gasteiger charge is -2.30. The Morgan fingerprint density at radius 3 is 2.19 bits per heavy atom. The minimum Gasteiger partial charge on any atom is -0.495 e. The standard InChI is InChI=1S/C37H38ClN3O7/c1-45-34-20-26(12-19-33(34)40-37(44)39-32-11-7-6-10-31(32)38)21-35(42)41-28(23-47-22-25-8-4-3-5-9-25)15-16-29(41)24-48-30-17-13-27(14-18-30)36(43)46-2/h3-14,17-20,28-29H,15-16,21-24H2,1-2H3,(H2,39,40,44)/t28-,29+/m1/s1. The maximum Gasteiger partial charge on any atom is 0.337 e. The van der Waals surface area contributed by atoms with Crippen LogP contribution in [0.5, 0.6) is 11.5 Å². The van der Waals surface area contributed by atoms with Gasteiger partial charge in [-0.1, -0.05) is 60.1 Å². The van der Waals surface area contributed by atoms with E-state index in [1.165, 1.54) is 14.2 Å². The average molecular weight is 672 g/mol. The third-order valence-corrected chi connectivity index (χ3v) is 8.37. The normalized spacial score (nSPS) is 15.4. The summed E-state index contributed by atoms with van der Waals surface area (Å²) in [7, 11) is 2.84. The van der Waals surface area contributed by atoms with Crippen molar-refractivity contribution in [2.45, 2.75) is 38.0 Å². The zero-order valence-corrected chi connectivity index (χ0v) is 27.6. The molecule has 250 valence electrons. The number of halogens is 1. The Labute approximate surface area is 284 Å². The molecule has 0 spiro atoms. The second-order valence-electron chi connectivity index (χ2n) is 11.3. The Bertz CT molecular complexity index is 1700. The number of hydrogen-bond acceptors (Lipinski definition) is 7. The van der Waals surface area contributed by atoms with Crippen LogP contribution < -0.4 is 20.1 Å². The van der Waals surface area contributed by atoms with Crippen molar-refractivity contribution in [3.63, 3.8) is 0 Å². The molecule has 3 amide bonds. The molecule has 1 heterocycles. The molecule has 2 atom stereocenters. The molecular formula is C37H38ClN3O7. The second-order valence-corrected chi connectivity index (χ2v) is 11.7. The van der Waals surface area contributed by atoms with E-state index in [0.29, 0.717) is 46.7 Å². The first-order chi connectivity index (χ1) is 23.3. The maximum absolute atomic E-state index is 14.0. The first kappa shape index (κ1) is 34.3. The van der Waals surface area contributed by atoms with E-state index in [0.717, 1.165) is 24.0 Å². The van der Waals surface area contributed by atoms with Crippen molar-refractivity contribution < 1.29 is 33.3 Å². The predicted octanol–water partition coefficient (Wildman–Crippen LogP) is 6.98. The number of nitrogens with one attached hydrogen (secondary N) is 2. The van der Waals surface area contributed by atoms with Gasteiger partial charge in [-0.25, -0.2) is 9.59 Å². The van der Waals surface area contributed by atoms with Crippen LogP contribution >= 0.6 is 11.6 Å². The molecule has 1 aliphatic rings. The number of methoxy groups -OCH3 is 2. The van der Waals surface area contributed by atoms with Crippen LogP contribution in [0.4, 0.5) is 16.2 Å². The zero-order valence-electron chi connectivity index (χ0n) is 26.8. The van der Waals surface area contributed by atoms with E-state index in [9.17, 15) is 14.4 Å². The molecule has 1 saturated heterocycles. The number of rotatable bonds is 13. The van der Waals surface area contributed by atoms with Crippen LogP contribution in [0, 0.1) is 0 Å². The van der Waals surface area contributed by atoms with Crippen LogP contribution in [-0.2, 0) is 27.3 Å². The lowest BCUT2D eigenvalue weighted by Crippen LogP contribution is -2.46. The summed E-state index contributed by atoms with van der Waals surface area (Å²) in [5.74, 6) is 0.502. The average Bonchev–Trinajstić information content (AvgIpc) is 3.52. The van der Waals surface area contributed by atoms with Gasteiger partial charge in [-0.2, -0.15) is 0 Å². The molecule has 0 saturated carbocycles. The van der Waals surface area contributed by atoms with Gasteiger partial charge in [-0.15, -0.1) is 0 Å². The number of amides is 3. The van der Waals surface area contributed by atoms with Gasteiger partial charge in [-0.3, -0.25) is 4.79 Å². The minimum absolute atomic E-state index is 0.0744. The number of carbonyl (C=O) groups excluding carboxylic acids is 3. The molecule has 1 aliphatic heterocycles. The smallest absolute Gasteiger partial charge is 0.337 e. The molecule has 10 nitrogen and oxygen atoms in total. The summed E-state index contributed by atoms with van der Waals surface area (Å²) in [5, 5.41) is 5.92. The monoisotopic (exact) mass is 671 g/mol. The Morgan fingerprint density at radius 1 is 0.792 bits per heavy atom. The summed E-state index contributed by atoms with van der Waals surface area (Å²) in [6.45, 7) is 1.12. The van der Waals surface area contributed by atoms with Gasteiger partial charge in [0, 0.05) is 0 Å². The number of likely N-dealkylation sites (tertiary alicyclic amines) is 1. The lowest BCUT2D eigenvalue weighted by atomic mass is 10.1. The number of urea groups is 1. The molecule has 0 aliphatic carbocycles. The molecule has 2 N–H and O–H groups in total. The van der Waals surface area contributed by atoms with Crippen molar-refractivity contribution in [2.75, 3.05) is 38.1 Å². The molecule has 0 aromatic heterocycles. The number of nitrogens with zero attached hydrogens (tertiary/aromatic N) is 1. The van der Waals surface area contributed by atoms with E-state index >= 15 is 0 Å². The van der Waals surface area contributed by atoms with Crippen molar-refractivity contribution in [1.29, 1.82) is 0 Å². The van der Waals surface area contributed by atoms with E-state index in [1.807, 2.05) is 35.2 Å². The minimum atomic E-state index is -0.483. The summed E-state index contributed by atoms with van der Waals surface area (Å²) in [4.78, 5) is 40.3. The molecule has 4 aromatic carbocycles. The van der Waals surface area contributed by atoms with E-state index in [1.54, 1.807) is 66.7 Å². The third kappa shape index (κ3) is 9.05. The maximum atomic E-state index is 14.0. The van der Waals surface area contributed by atoms with Gasteiger partial charge in [-0.05, 0) is 72.5 Å². The van der Waals surface area contributed by atoms with Crippen molar-refractivity contribution in [2.24, 2.45) is 0 Å².